The van der Waals surface area contributed by atoms with Crippen LogP contribution < -0.4 is 5.32 Å². The van der Waals surface area contributed by atoms with Gasteiger partial charge in [0.1, 0.15) is 0 Å². The van der Waals surface area contributed by atoms with Crippen molar-refractivity contribution in [1.82, 2.24) is 10.2 Å². The number of piperidine rings is 1. The van der Waals surface area contributed by atoms with E-state index in [0.29, 0.717) is 12.5 Å². The smallest absolute Gasteiger partial charge is 0.220 e. The molecular weight excluding hydrogens is 324 g/mol. The number of hydrogen-bond donors (Lipinski definition) is 1. The molecule has 5 heteroatoms. The fourth-order valence-corrected chi connectivity index (χ4v) is 3.89. The fourth-order valence-electron chi connectivity index (χ4n) is 2.36. The molecule has 19 heavy (non-hydrogen) atoms. The summed E-state index contributed by atoms with van der Waals surface area (Å²) in [6.45, 7) is 2.18. The van der Waals surface area contributed by atoms with E-state index in [2.05, 4.69) is 45.3 Å². The van der Waals surface area contributed by atoms with E-state index in [0.717, 1.165) is 38.8 Å². The molecule has 1 aromatic heterocycles. The molecule has 0 bridgehead atoms. The second kappa shape index (κ2) is 7.41. The van der Waals surface area contributed by atoms with Gasteiger partial charge in [-0.15, -0.1) is 11.3 Å². The predicted octanol–water partition coefficient (Wildman–Crippen LogP) is 3.04. The zero-order valence-corrected chi connectivity index (χ0v) is 13.7. The van der Waals surface area contributed by atoms with Crippen LogP contribution in [0.15, 0.2) is 15.9 Å². The SMILES string of the molecule is CN1CCC(NC(=O)CCCc2ccc(Br)s2)CC1. The standard InChI is InChI=1S/C14H21BrN2OS/c1-17-9-7-11(8-10-17)16-14(18)4-2-3-12-5-6-13(15)19-12/h5-6,11H,2-4,7-10H2,1H3,(H,16,18). The van der Waals surface area contributed by atoms with Crippen molar-refractivity contribution in [1.29, 1.82) is 0 Å². The van der Waals surface area contributed by atoms with Crippen LogP contribution in [-0.4, -0.2) is 37.0 Å². The number of thiophene rings is 1. The predicted molar refractivity (Wildman–Crippen MR) is 83.6 cm³/mol. The third-order valence-electron chi connectivity index (χ3n) is 3.54. The van der Waals surface area contributed by atoms with Crippen LogP contribution >= 0.6 is 27.3 Å². The maximum atomic E-state index is 11.9. The molecule has 1 N–H and O–H groups in total. The number of aryl methyl sites for hydroxylation is 1. The van der Waals surface area contributed by atoms with Gasteiger partial charge >= 0.3 is 0 Å². The van der Waals surface area contributed by atoms with Crippen LogP contribution in [0.2, 0.25) is 0 Å². The van der Waals surface area contributed by atoms with Gasteiger partial charge in [-0.2, -0.15) is 0 Å². The first-order chi connectivity index (χ1) is 9.13. The number of nitrogens with one attached hydrogen (secondary N) is 1. The highest BCUT2D eigenvalue weighted by Gasteiger charge is 2.17. The minimum atomic E-state index is 0.213. The van der Waals surface area contributed by atoms with E-state index in [4.69, 9.17) is 0 Å². The lowest BCUT2D eigenvalue weighted by Crippen LogP contribution is -2.43. The van der Waals surface area contributed by atoms with Gasteiger partial charge in [-0.3, -0.25) is 4.79 Å². The number of rotatable bonds is 5. The Kier molecular flexibility index (Phi) is 5.85. The average molecular weight is 345 g/mol. The van der Waals surface area contributed by atoms with E-state index in [1.165, 1.54) is 8.66 Å². The first kappa shape index (κ1) is 15.0. The van der Waals surface area contributed by atoms with Crippen LogP contribution in [0.3, 0.4) is 0 Å². The Labute approximate surface area is 127 Å². The Balaban J connectivity index is 1.62. The molecule has 2 rings (SSSR count). The Morgan fingerprint density at radius 3 is 2.84 bits per heavy atom. The van der Waals surface area contributed by atoms with Gasteiger partial charge in [-0.05, 0) is 73.9 Å². The molecule has 0 spiro atoms. The highest BCUT2D eigenvalue weighted by molar-refractivity contribution is 9.11. The Bertz CT molecular complexity index is 413. The zero-order chi connectivity index (χ0) is 13.7. The third-order valence-corrected chi connectivity index (χ3v) is 5.22. The zero-order valence-electron chi connectivity index (χ0n) is 11.3. The average Bonchev–Trinajstić information content (AvgIpc) is 2.78. The van der Waals surface area contributed by atoms with E-state index in [9.17, 15) is 4.79 Å². The summed E-state index contributed by atoms with van der Waals surface area (Å²) in [5.41, 5.74) is 0. The summed E-state index contributed by atoms with van der Waals surface area (Å²) in [5.74, 6) is 0.213. The van der Waals surface area contributed by atoms with Crippen molar-refractivity contribution in [2.75, 3.05) is 20.1 Å². The minimum absolute atomic E-state index is 0.213. The van der Waals surface area contributed by atoms with Crippen LogP contribution in [0.1, 0.15) is 30.6 Å². The Morgan fingerprint density at radius 2 is 2.21 bits per heavy atom. The molecule has 106 valence electrons. The highest BCUT2D eigenvalue weighted by Crippen LogP contribution is 2.23. The Hall–Kier alpha value is -0.390. The van der Waals surface area contributed by atoms with Crippen molar-refractivity contribution >= 4 is 33.2 Å². The molecule has 0 radical (unpaired) electrons. The summed E-state index contributed by atoms with van der Waals surface area (Å²) in [4.78, 5) is 15.5. The number of nitrogens with zero attached hydrogens (tertiary/aromatic N) is 1. The molecule has 0 unspecified atom stereocenters. The lowest BCUT2D eigenvalue weighted by Gasteiger charge is -2.29. The van der Waals surface area contributed by atoms with Crippen molar-refractivity contribution in [2.45, 2.75) is 38.1 Å². The first-order valence-corrected chi connectivity index (χ1v) is 8.46. The maximum absolute atomic E-state index is 11.9. The normalized spacial score (nSPS) is 17.6. The fraction of sp³-hybridized carbons (Fsp3) is 0.643. The molecule has 0 aromatic carbocycles. The molecule has 1 fully saturated rings. The van der Waals surface area contributed by atoms with Gasteiger partial charge in [0.15, 0.2) is 0 Å². The van der Waals surface area contributed by atoms with Crippen LogP contribution in [0.25, 0.3) is 0 Å². The largest absolute Gasteiger partial charge is 0.353 e. The van der Waals surface area contributed by atoms with Gasteiger partial charge in [0.2, 0.25) is 5.91 Å². The van der Waals surface area contributed by atoms with E-state index in [-0.39, 0.29) is 5.91 Å². The van der Waals surface area contributed by atoms with E-state index in [1.54, 1.807) is 11.3 Å². The second-order valence-corrected chi connectivity index (χ2v) is 7.75. The Morgan fingerprint density at radius 1 is 1.47 bits per heavy atom. The van der Waals surface area contributed by atoms with Gasteiger partial charge in [-0.1, -0.05) is 0 Å². The van der Waals surface area contributed by atoms with Crippen molar-refractivity contribution in [3.63, 3.8) is 0 Å². The molecule has 0 aliphatic carbocycles. The molecule has 1 aliphatic rings. The second-order valence-electron chi connectivity index (χ2n) is 5.20. The van der Waals surface area contributed by atoms with Crippen molar-refractivity contribution < 1.29 is 4.79 Å². The maximum Gasteiger partial charge on any atom is 0.220 e. The monoisotopic (exact) mass is 344 g/mol. The van der Waals surface area contributed by atoms with Crippen LogP contribution in [0.5, 0.6) is 0 Å². The van der Waals surface area contributed by atoms with Crippen LogP contribution in [0, 0.1) is 0 Å². The first-order valence-electron chi connectivity index (χ1n) is 6.85. The van der Waals surface area contributed by atoms with Crippen LogP contribution in [0.4, 0.5) is 0 Å². The van der Waals surface area contributed by atoms with E-state index in [1.807, 2.05) is 0 Å². The number of halogens is 1. The molecule has 1 aliphatic heterocycles. The summed E-state index contributed by atoms with van der Waals surface area (Å²) in [6.07, 6.45) is 4.74. The summed E-state index contributed by atoms with van der Waals surface area (Å²) < 4.78 is 1.17. The molecule has 0 atom stereocenters. The quantitative estimate of drug-likeness (QED) is 0.890. The van der Waals surface area contributed by atoms with Crippen LogP contribution in [-0.2, 0) is 11.2 Å². The van der Waals surface area contributed by atoms with E-state index >= 15 is 0 Å². The summed E-state index contributed by atoms with van der Waals surface area (Å²) in [5, 5.41) is 3.16. The highest BCUT2D eigenvalue weighted by atomic mass is 79.9. The number of carbonyl (C=O) groups excluding carboxylic acids is 1. The van der Waals surface area contributed by atoms with Crippen molar-refractivity contribution in [2.24, 2.45) is 0 Å². The lowest BCUT2D eigenvalue weighted by molar-refractivity contribution is -0.122. The van der Waals surface area contributed by atoms with Gasteiger partial charge < -0.3 is 10.2 Å². The molecule has 1 aromatic rings. The molecular formula is C14H21BrN2OS. The van der Waals surface area contributed by atoms with Crippen molar-refractivity contribution in [3.8, 4) is 0 Å². The molecule has 2 heterocycles. The summed E-state index contributed by atoms with van der Waals surface area (Å²) >= 11 is 5.21. The van der Waals surface area contributed by atoms with Gasteiger partial charge in [-0.25, -0.2) is 0 Å². The third kappa shape index (κ3) is 5.24. The number of amides is 1. The van der Waals surface area contributed by atoms with Gasteiger partial charge in [0, 0.05) is 17.3 Å². The summed E-state index contributed by atoms with van der Waals surface area (Å²) in [7, 11) is 2.14. The number of carbonyl (C=O) groups is 1. The van der Waals surface area contributed by atoms with Gasteiger partial charge in [0.05, 0.1) is 3.79 Å². The molecule has 0 saturated carbocycles. The molecule has 3 nitrogen and oxygen atoms in total. The molecule has 1 amide bonds. The van der Waals surface area contributed by atoms with Crippen molar-refractivity contribution in [3.05, 3.63) is 20.8 Å². The minimum Gasteiger partial charge on any atom is -0.353 e. The number of hydrogen-bond acceptors (Lipinski definition) is 3. The van der Waals surface area contributed by atoms with Gasteiger partial charge in [0.25, 0.3) is 0 Å². The van der Waals surface area contributed by atoms with E-state index < -0.39 is 0 Å². The number of likely N-dealkylation sites (tertiary alicyclic amines) is 1. The topological polar surface area (TPSA) is 32.3 Å². The molecule has 1 saturated heterocycles. The summed E-state index contributed by atoms with van der Waals surface area (Å²) in [6, 6.07) is 4.59. The lowest BCUT2D eigenvalue weighted by atomic mass is 10.1.